The van der Waals surface area contributed by atoms with E-state index in [0.29, 0.717) is 0 Å². The van der Waals surface area contributed by atoms with E-state index in [9.17, 15) is 13.2 Å². The Hall–Kier alpha value is -0.710. The van der Waals surface area contributed by atoms with Crippen LogP contribution in [0.3, 0.4) is 0 Å². The highest BCUT2D eigenvalue weighted by Gasteiger charge is 2.49. The van der Waals surface area contributed by atoms with E-state index in [4.69, 9.17) is 4.74 Å². The average molecular weight is 177 g/mol. The number of aliphatic imine (C=N–C) groups is 1. The maximum Gasteiger partial charge on any atom is 0.238 e. The summed E-state index contributed by atoms with van der Waals surface area (Å²) >= 11 is 0. The van der Waals surface area contributed by atoms with E-state index in [1.165, 1.54) is 13.2 Å². The molecule has 0 amide bonds. The van der Waals surface area contributed by atoms with Gasteiger partial charge in [0.25, 0.3) is 0 Å². The van der Waals surface area contributed by atoms with Crippen LogP contribution in [0, 0.1) is 0 Å². The Balaban J connectivity index is 2.79. The van der Waals surface area contributed by atoms with Crippen molar-refractivity contribution < 1.29 is 17.9 Å². The lowest BCUT2D eigenvalue weighted by atomic mass is 10.3. The molecule has 0 aromatic rings. The zero-order chi connectivity index (χ0) is 8.54. The van der Waals surface area contributed by atoms with Crippen LogP contribution in [0.15, 0.2) is 4.99 Å². The predicted molar refractivity (Wildman–Crippen MR) is 36.5 cm³/mol. The van der Waals surface area contributed by atoms with Gasteiger partial charge in [-0.05, 0) is 0 Å². The van der Waals surface area contributed by atoms with Gasteiger partial charge in [-0.3, -0.25) is 0 Å². The fraction of sp³-hybridized carbons (Fsp3) is 0.800. The minimum absolute atomic E-state index is 0.217. The molecule has 1 aliphatic heterocycles. The smallest absolute Gasteiger partial charge is 0.238 e. The van der Waals surface area contributed by atoms with Crippen LogP contribution in [0.5, 0.6) is 0 Å². The molecule has 5 nitrogen and oxygen atoms in total. The molecule has 1 rings (SSSR count). The molecule has 0 aromatic heterocycles. The Kier molecular flexibility index (Phi) is 1.83. The van der Waals surface area contributed by atoms with Gasteiger partial charge in [-0.25, -0.2) is 13.2 Å². The summed E-state index contributed by atoms with van der Waals surface area (Å²) in [6, 6.07) is 0. The summed E-state index contributed by atoms with van der Waals surface area (Å²) in [7, 11) is -1.71. The first-order chi connectivity index (χ1) is 5.04. The Bertz CT molecular complexity index is 288. The Morgan fingerprint density at radius 2 is 2.09 bits per heavy atom. The molecule has 1 fully saturated rings. The van der Waals surface area contributed by atoms with Gasteiger partial charge in [0, 0.05) is 7.11 Å². The van der Waals surface area contributed by atoms with Crippen LogP contribution in [0.1, 0.15) is 0 Å². The maximum absolute atomic E-state index is 10.7. The largest absolute Gasteiger partial charge is 0.354 e. The number of carbonyl (C=O) groups excluding carboxylic acids is 1. The highest BCUT2D eigenvalue weighted by molar-refractivity contribution is 7.93. The molecule has 0 aromatic carbocycles. The van der Waals surface area contributed by atoms with Crippen molar-refractivity contribution in [3.63, 3.8) is 0 Å². The van der Waals surface area contributed by atoms with E-state index in [0.717, 1.165) is 0 Å². The van der Waals surface area contributed by atoms with E-state index in [1.54, 1.807) is 0 Å². The number of isocyanates is 1. The number of hydrogen-bond acceptors (Lipinski definition) is 5. The molecule has 0 radical (unpaired) electrons. The second kappa shape index (κ2) is 2.41. The highest BCUT2D eigenvalue weighted by atomic mass is 32.2. The monoisotopic (exact) mass is 177 g/mol. The number of hydrogen-bond donors (Lipinski definition) is 0. The quantitative estimate of drug-likeness (QED) is 0.404. The molecular weight excluding hydrogens is 170 g/mol. The van der Waals surface area contributed by atoms with Crippen molar-refractivity contribution in [3.8, 4) is 0 Å². The van der Waals surface area contributed by atoms with Crippen LogP contribution in [-0.4, -0.2) is 38.8 Å². The van der Waals surface area contributed by atoms with Gasteiger partial charge >= 0.3 is 0 Å². The number of ether oxygens (including phenoxy) is 1. The normalized spacial score (nSPS) is 24.8. The van der Waals surface area contributed by atoms with Gasteiger partial charge in [-0.1, -0.05) is 0 Å². The molecule has 0 spiro atoms. The van der Waals surface area contributed by atoms with Gasteiger partial charge in [-0.15, -0.1) is 0 Å². The maximum atomic E-state index is 10.7. The molecule has 62 valence electrons. The third-order valence-electron chi connectivity index (χ3n) is 1.52. The van der Waals surface area contributed by atoms with Crippen LogP contribution in [-0.2, 0) is 19.4 Å². The zero-order valence-corrected chi connectivity index (χ0v) is 6.72. The van der Waals surface area contributed by atoms with Crippen LogP contribution in [0.25, 0.3) is 0 Å². The van der Waals surface area contributed by atoms with Crippen molar-refractivity contribution in [1.29, 1.82) is 0 Å². The van der Waals surface area contributed by atoms with Crippen molar-refractivity contribution in [2.24, 2.45) is 4.99 Å². The summed E-state index contributed by atoms with van der Waals surface area (Å²) in [6.07, 6.45) is 1.28. The van der Waals surface area contributed by atoms with Crippen molar-refractivity contribution in [1.82, 2.24) is 0 Å². The number of rotatable bonds is 2. The van der Waals surface area contributed by atoms with Crippen molar-refractivity contribution in [2.45, 2.75) is 5.72 Å². The van der Waals surface area contributed by atoms with Crippen molar-refractivity contribution in [2.75, 3.05) is 18.6 Å². The summed E-state index contributed by atoms with van der Waals surface area (Å²) in [5.74, 6) is -0.433. The number of sulfone groups is 1. The van der Waals surface area contributed by atoms with E-state index in [-0.39, 0.29) is 11.5 Å². The van der Waals surface area contributed by atoms with Gasteiger partial charge in [0.2, 0.25) is 6.08 Å². The van der Waals surface area contributed by atoms with Crippen LogP contribution in [0.4, 0.5) is 0 Å². The van der Waals surface area contributed by atoms with Crippen LogP contribution in [0.2, 0.25) is 0 Å². The minimum Gasteiger partial charge on any atom is -0.354 e. The fourth-order valence-corrected chi connectivity index (χ4v) is 2.61. The lowest BCUT2D eigenvalue weighted by Gasteiger charge is -2.33. The minimum atomic E-state index is -3.02. The fourth-order valence-electron chi connectivity index (χ4n) is 0.956. The molecule has 0 bridgehead atoms. The topological polar surface area (TPSA) is 72.8 Å². The average Bonchev–Trinajstić information content (AvgIpc) is 1.84. The number of methoxy groups -OCH3 is 1. The summed E-state index contributed by atoms with van der Waals surface area (Å²) in [6.45, 7) is 0. The molecule has 0 atom stereocenters. The summed E-state index contributed by atoms with van der Waals surface area (Å²) in [5, 5.41) is 0. The lowest BCUT2D eigenvalue weighted by molar-refractivity contribution is 0.0241. The molecule has 0 saturated carbocycles. The summed E-state index contributed by atoms with van der Waals surface area (Å²) in [5.41, 5.74) is -1.14. The van der Waals surface area contributed by atoms with E-state index in [1.807, 2.05) is 0 Å². The Morgan fingerprint density at radius 3 is 2.36 bits per heavy atom. The zero-order valence-electron chi connectivity index (χ0n) is 5.90. The molecule has 1 aliphatic rings. The van der Waals surface area contributed by atoms with Crippen LogP contribution < -0.4 is 0 Å². The molecule has 1 heterocycles. The molecule has 6 heteroatoms. The first kappa shape index (κ1) is 8.39. The van der Waals surface area contributed by atoms with Gasteiger partial charge in [-0.2, -0.15) is 4.99 Å². The predicted octanol–water partition coefficient (Wildman–Crippen LogP) is -0.907. The third-order valence-corrected chi connectivity index (χ3v) is 3.30. The summed E-state index contributed by atoms with van der Waals surface area (Å²) in [4.78, 5) is 13.1. The molecule has 1 saturated heterocycles. The van der Waals surface area contributed by atoms with Gasteiger partial charge in [0.05, 0.1) is 0 Å². The van der Waals surface area contributed by atoms with E-state index >= 15 is 0 Å². The van der Waals surface area contributed by atoms with Crippen molar-refractivity contribution >= 4 is 15.9 Å². The van der Waals surface area contributed by atoms with Crippen molar-refractivity contribution in [3.05, 3.63) is 0 Å². The molecule has 11 heavy (non-hydrogen) atoms. The molecular formula is C5H7NO4S. The third kappa shape index (κ3) is 1.48. The van der Waals surface area contributed by atoms with Gasteiger partial charge < -0.3 is 4.74 Å². The van der Waals surface area contributed by atoms with Gasteiger partial charge in [0.1, 0.15) is 11.5 Å². The number of nitrogens with zero attached hydrogens (tertiary/aromatic N) is 1. The standard InChI is InChI=1S/C5H7NO4S/c1-10-5(6-4-7)2-11(8,9)3-5/h2-3H2,1H3. The molecule has 0 aliphatic carbocycles. The van der Waals surface area contributed by atoms with Crippen LogP contribution >= 0.6 is 0 Å². The highest BCUT2D eigenvalue weighted by Crippen LogP contribution is 2.27. The second-order valence-corrected chi connectivity index (χ2v) is 4.45. The summed E-state index contributed by atoms with van der Waals surface area (Å²) < 4.78 is 26.1. The first-order valence-corrected chi connectivity index (χ1v) is 4.70. The molecule has 0 unspecified atom stereocenters. The van der Waals surface area contributed by atoms with E-state index in [2.05, 4.69) is 4.99 Å². The SMILES string of the molecule is COC1(N=C=O)CS(=O)(=O)C1. The molecule has 0 N–H and O–H groups in total. The second-order valence-electron chi connectivity index (χ2n) is 2.39. The van der Waals surface area contributed by atoms with Gasteiger partial charge in [0.15, 0.2) is 15.6 Å². The first-order valence-electron chi connectivity index (χ1n) is 2.88. The van der Waals surface area contributed by atoms with E-state index < -0.39 is 15.6 Å². The Labute approximate surface area is 64.0 Å². The Morgan fingerprint density at radius 1 is 1.55 bits per heavy atom. The lowest BCUT2D eigenvalue weighted by Crippen LogP contribution is -2.54.